The summed E-state index contributed by atoms with van der Waals surface area (Å²) in [5.74, 6) is 0.000176. The van der Waals surface area contributed by atoms with Crippen molar-refractivity contribution in [3.8, 4) is 0 Å². The largest absolute Gasteiger partial charge is 0.352 e. The molecule has 2 aliphatic heterocycles. The molecule has 2 N–H and O–H groups in total. The minimum atomic E-state index is -0.364. The molecule has 0 saturated carbocycles. The van der Waals surface area contributed by atoms with E-state index in [9.17, 15) is 9.59 Å². The van der Waals surface area contributed by atoms with Gasteiger partial charge in [0.05, 0.1) is 12.1 Å². The number of hydrogen-bond acceptors (Lipinski definition) is 3. The summed E-state index contributed by atoms with van der Waals surface area (Å²) >= 11 is 0. The van der Waals surface area contributed by atoms with E-state index >= 15 is 0 Å². The van der Waals surface area contributed by atoms with Crippen LogP contribution in [-0.4, -0.2) is 41.9 Å². The first-order valence-corrected chi connectivity index (χ1v) is 8.40. The highest BCUT2D eigenvalue weighted by Gasteiger charge is 2.45. The first kappa shape index (κ1) is 16.0. The van der Waals surface area contributed by atoms with Gasteiger partial charge in [0, 0.05) is 6.04 Å². The lowest BCUT2D eigenvalue weighted by Crippen LogP contribution is -2.52. The maximum absolute atomic E-state index is 13.0. The van der Waals surface area contributed by atoms with Gasteiger partial charge in [-0.15, -0.1) is 0 Å². The summed E-state index contributed by atoms with van der Waals surface area (Å²) in [6.45, 7) is 3.89. The summed E-state index contributed by atoms with van der Waals surface area (Å²) in [6.07, 6.45) is 2.24. The van der Waals surface area contributed by atoms with Gasteiger partial charge in [-0.3, -0.25) is 9.59 Å². The molecule has 0 aliphatic carbocycles. The molecule has 1 fully saturated rings. The van der Waals surface area contributed by atoms with E-state index in [-0.39, 0.29) is 36.0 Å². The number of carbonyl (C=O) groups excluding carboxylic acids is 2. The normalized spacial score (nSPS) is 26.7. The molecular formula is C18H25N3O2. The summed E-state index contributed by atoms with van der Waals surface area (Å²) in [4.78, 5) is 27.4. The molecule has 2 heterocycles. The number of likely N-dealkylation sites (N-methyl/N-ethyl adjacent to an activating group) is 1. The molecule has 1 saturated heterocycles. The number of hydrogen-bond donors (Lipinski definition) is 2. The third-order valence-corrected chi connectivity index (χ3v) is 4.86. The van der Waals surface area contributed by atoms with Crippen LogP contribution in [-0.2, 0) is 16.0 Å². The molecular weight excluding hydrogens is 290 g/mol. The van der Waals surface area contributed by atoms with E-state index in [2.05, 4.69) is 22.8 Å². The Bertz CT molecular complexity index is 614. The molecule has 5 heteroatoms. The van der Waals surface area contributed by atoms with E-state index in [0.29, 0.717) is 6.42 Å². The predicted molar refractivity (Wildman–Crippen MR) is 88.9 cm³/mol. The number of carbonyl (C=O) groups is 2. The van der Waals surface area contributed by atoms with E-state index < -0.39 is 0 Å². The highest BCUT2D eigenvalue weighted by atomic mass is 16.2. The van der Waals surface area contributed by atoms with Gasteiger partial charge < -0.3 is 15.5 Å². The topological polar surface area (TPSA) is 61.4 Å². The second-order valence-electron chi connectivity index (χ2n) is 6.76. The molecule has 1 aromatic rings. The van der Waals surface area contributed by atoms with Crippen LogP contribution in [0.15, 0.2) is 24.3 Å². The summed E-state index contributed by atoms with van der Waals surface area (Å²) in [5, 5.41) is 6.09. The van der Waals surface area contributed by atoms with E-state index in [4.69, 9.17) is 0 Å². The quantitative estimate of drug-likeness (QED) is 0.886. The van der Waals surface area contributed by atoms with Crippen molar-refractivity contribution in [1.82, 2.24) is 15.5 Å². The lowest BCUT2D eigenvalue weighted by Gasteiger charge is -2.31. The summed E-state index contributed by atoms with van der Waals surface area (Å²) in [5.41, 5.74) is 2.40. The molecule has 124 valence electrons. The maximum atomic E-state index is 13.0. The molecule has 3 atom stereocenters. The van der Waals surface area contributed by atoms with Crippen LogP contribution in [0.25, 0.3) is 0 Å². The number of fused-ring (bicyclic) bond motifs is 3. The Labute approximate surface area is 137 Å². The van der Waals surface area contributed by atoms with Gasteiger partial charge in [-0.25, -0.2) is 0 Å². The molecule has 0 bridgehead atoms. The van der Waals surface area contributed by atoms with Gasteiger partial charge in [0.25, 0.3) is 0 Å². The van der Waals surface area contributed by atoms with Crippen molar-refractivity contribution in [3.05, 3.63) is 35.4 Å². The molecule has 23 heavy (non-hydrogen) atoms. The minimum absolute atomic E-state index is 0.0139. The van der Waals surface area contributed by atoms with Crippen LogP contribution >= 0.6 is 0 Å². The average Bonchev–Trinajstić information content (AvgIpc) is 2.92. The van der Waals surface area contributed by atoms with Crippen molar-refractivity contribution < 1.29 is 9.59 Å². The van der Waals surface area contributed by atoms with Crippen LogP contribution in [0, 0.1) is 0 Å². The number of amides is 2. The van der Waals surface area contributed by atoms with Gasteiger partial charge >= 0.3 is 0 Å². The van der Waals surface area contributed by atoms with E-state index in [1.165, 1.54) is 11.1 Å². The lowest BCUT2D eigenvalue weighted by molar-refractivity contribution is -0.142. The first-order valence-electron chi connectivity index (χ1n) is 8.40. The lowest BCUT2D eigenvalue weighted by atomic mass is 9.96. The van der Waals surface area contributed by atoms with Gasteiger partial charge in [0.2, 0.25) is 11.8 Å². The third-order valence-electron chi connectivity index (χ3n) is 4.86. The van der Waals surface area contributed by atoms with E-state index in [0.717, 1.165) is 12.8 Å². The molecule has 2 aliphatic rings. The van der Waals surface area contributed by atoms with Crippen molar-refractivity contribution in [3.63, 3.8) is 0 Å². The summed E-state index contributed by atoms with van der Waals surface area (Å²) in [6, 6.07) is 7.69. The molecule has 3 rings (SSSR count). The van der Waals surface area contributed by atoms with Gasteiger partial charge in [-0.2, -0.15) is 0 Å². The number of benzene rings is 1. The monoisotopic (exact) mass is 315 g/mol. The van der Waals surface area contributed by atoms with Crippen LogP contribution < -0.4 is 10.6 Å². The SMILES string of the molecule is CN[C@@H]1Cc2ccccc2[C@@H]2CC[C@@H](C(=O)NC(C)C)N2C1=O. The van der Waals surface area contributed by atoms with Crippen LogP contribution in [0.3, 0.4) is 0 Å². The zero-order chi connectivity index (χ0) is 16.6. The van der Waals surface area contributed by atoms with Gasteiger partial charge in [-0.05, 0) is 51.3 Å². The Balaban J connectivity index is 1.98. The smallest absolute Gasteiger partial charge is 0.243 e. The zero-order valence-electron chi connectivity index (χ0n) is 14.0. The fourth-order valence-electron chi connectivity index (χ4n) is 3.82. The van der Waals surface area contributed by atoms with Crippen molar-refractivity contribution in [2.24, 2.45) is 0 Å². The Morgan fingerprint density at radius 1 is 1.26 bits per heavy atom. The minimum Gasteiger partial charge on any atom is -0.352 e. The maximum Gasteiger partial charge on any atom is 0.243 e. The zero-order valence-corrected chi connectivity index (χ0v) is 14.0. The average molecular weight is 315 g/mol. The number of rotatable bonds is 3. The van der Waals surface area contributed by atoms with Gasteiger partial charge in [0.1, 0.15) is 6.04 Å². The standard InChI is InChI=1S/C18H25N3O2/c1-11(2)20-17(22)16-9-8-15-13-7-5-4-6-12(13)10-14(19-3)18(23)21(15)16/h4-7,11,14-16,19H,8-10H2,1-3H3,(H,20,22)/t14-,15+,16+/m1/s1. The molecule has 0 unspecified atom stereocenters. The van der Waals surface area contributed by atoms with Crippen LogP contribution in [0.4, 0.5) is 0 Å². The van der Waals surface area contributed by atoms with Crippen LogP contribution in [0.5, 0.6) is 0 Å². The fraction of sp³-hybridized carbons (Fsp3) is 0.556. The molecule has 0 spiro atoms. The Hall–Kier alpha value is -1.88. The van der Waals surface area contributed by atoms with Crippen molar-refractivity contribution in [2.75, 3.05) is 7.05 Å². The van der Waals surface area contributed by atoms with E-state index in [1.807, 2.05) is 37.9 Å². The molecule has 5 nitrogen and oxygen atoms in total. The highest BCUT2D eigenvalue weighted by Crippen LogP contribution is 2.40. The Morgan fingerprint density at radius 2 is 2.00 bits per heavy atom. The third kappa shape index (κ3) is 2.85. The van der Waals surface area contributed by atoms with Crippen molar-refractivity contribution >= 4 is 11.8 Å². The van der Waals surface area contributed by atoms with Crippen molar-refractivity contribution in [2.45, 2.75) is 57.3 Å². The Kier molecular flexibility index (Phi) is 4.39. The summed E-state index contributed by atoms with van der Waals surface area (Å²) in [7, 11) is 1.81. The molecule has 1 aromatic carbocycles. The summed E-state index contributed by atoms with van der Waals surface area (Å²) < 4.78 is 0. The first-order chi connectivity index (χ1) is 11.0. The molecule has 0 aromatic heterocycles. The number of nitrogens with zero attached hydrogens (tertiary/aromatic N) is 1. The van der Waals surface area contributed by atoms with E-state index in [1.54, 1.807) is 0 Å². The van der Waals surface area contributed by atoms with Gasteiger partial charge in [0.15, 0.2) is 0 Å². The van der Waals surface area contributed by atoms with Crippen LogP contribution in [0.1, 0.15) is 43.9 Å². The number of nitrogens with one attached hydrogen (secondary N) is 2. The Morgan fingerprint density at radius 3 is 2.70 bits per heavy atom. The highest BCUT2D eigenvalue weighted by molar-refractivity contribution is 5.91. The molecule has 2 amide bonds. The van der Waals surface area contributed by atoms with Gasteiger partial charge in [-0.1, -0.05) is 24.3 Å². The predicted octanol–water partition coefficient (Wildman–Crippen LogP) is 1.39. The second-order valence-corrected chi connectivity index (χ2v) is 6.76. The van der Waals surface area contributed by atoms with Crippen LogP contribution in [0.2, 0.25) is 0 Å². The molecule has 0 radical (unpaired) electrons. The second kappa shape index (κ2) is 6.32. The van der Waals surface area contributed by atoms with Crippen molar-refractivity contribution in [1.29, 1.82) is 0 Å². The fourth-order valence-corrected chi connectivity index (χ4v) is 3.82.